The third-order valence-electron chi connectivity index (χ3n) is 4.64. The maximum Gasteiger partial charge on any atom is 0.209 e. The number of aromatic nitrogens is 1. The van der Waals surface area contributed by atoms with Crippen LogP contribution in [0.4, 0.5) is 0 Å². The van der Waals surface area contributed by atoms with Crippen molar-refractivity contribution in [2.75, 3.05) is 13.7 Å². The molecule has 0 saturated heterocycles. The van der Waals surface area contributed by atoms with Crippen LogP contribution in [0, 0.1) is 11.3 Å². The van der Waals surface area contributed by atoms with E-state index >= 15 is 0 Å². The Labute approximate surface area is 169 Å². The lowest BCUT2D eigenvalue weighted by Crippen LogP contribution is -2.27. The summed E-state index contributed by atoms with van der Waals surface area (Å²) >= 11 is 0. The first-order chi connectivity index (χ1) is 14.1. The van der Waals surface area contributed by atoms with E-state index in [-0.39, 0.29) is 5.96 Å². The average Bonchev–Trinajstić information content (AvgIpc) is 3.16. The molecule has 0 atom stereocenters. The Balaban J connectivity index is 1.61. The first-order valence-electron chi connectivity index (χ1n) is 9.40. The number of rotatable bonds is 7. The summed E-state index contributed by atoms with van der Waals surface area (Å²) in [5.41, 5.74) is 13.6. The lowest BCUT2D eigenvalue weighted by atomic mass is 10.1. The van der Waals surface area contributed by atoms with Gasteiger partial charge in [0.25, 0.3) is 0 Å². The van der Waals surface area contributed by atoms with Crippen LogP contribution < -0.4 is 15.9 Å². The zero-order valence-electron chi connectivity index (χ0n) is 16.6. The summed E-state index contributed by atoms with van der Waals surface area (Å²) in [5.74, 6) is 1.07. The lowest BCUT2D eigenvalue weighted by molar-refractivity contribution is 0.415. The molecule has 29 heavy (non-hydrogen) atoms. The van der Waals surface area contributed by atoms with Crippen molar-refractivity contribution in [2.45, 2.75) is 19.8 Å². The molecule has 3 rings (SSSR count). The molecule has 1 heterocycles. The normalized spacial score (nSPS) is 11.7. The minimum absolute atomic E-state index is 0.251. The molecule has 0 fully saturated rings. The van der Waals surface area contributed by atoms with Gasteiger partial charge in [-0.05, 0) is 48.2 Å². The molecule has 0 spiro atoms. The van der Waals surface area contributed by atoms with Crippen LogP contribution in [-0.4, -0.2) is 30.8 Å². The highest BCUT2D eigenvalue weighted by atomic mass is 16.5. The number of hydrogen-bond acceptors (Lipinski definition) is 4. The number of benzene rings is 2. The number of nitriles is 1. The SMILES string of the molecule is CCc1cc(OC)cc2c(/C=N/NC(N)=NCCc3ccc(C#N)cc3)c[nH]c12. The van der Waals surface area contributed by atoms with E-state index in [2.05, 4.69) is 33.5 Å². The Hall–Kier alpha value is -3.79. The molecule has 0 aliphatic heterocycles. The molecule has 7 heteroatoms. The Morgan fingerprint density at radius 3 is 2.79 bits per heavy atom. The van der Waals surface area contributed by atoms with E-state index in [1.54, 1.807) is 25.5 Å². The number of nitrogens with one attached hydrogen (secondary N) is 2. The molecule has 0 unspecified atom stereocenters. The second-order valence-corrected chi connectivity index (χ2v) is 6.50. The van der Waals surface area contributed by atoms with Crippen molar-refractivity contribution in [1.29, 1.82) is 5.26 Å². The molecule has 0 saturated carbocycles. The smallest absolute Gasteiger partial charge is 0.209 e. The average molecular weight is 388 g/mol. The van der Waals surface area contributed by atoms with E-state index in [4.69, 9.17) is 15.7 Å². The molecular formula is C22H24N6O. The fourth-order valence-electron chi connectivity index (χ4n) is 3.06. The fraction of sp³-hybridized carbons (Fsp3) is 0.227. The van der Waals surface area contributed by atoms with Crippen LogP contribution in [-0.2, 0) is 12.8 Å². The highest BCUT2D eigenvalue weighted by Crippen LogP contribution is 2.27. The number of methoxy groups -OCH3 is 1. The highest BCUT2D eigenvalue weighted by molar-refractivity contribution is 6.01. The Kier molecular flexibility index (Phi) is 6.48. The van der Waals surface area contributed by atoms with E-state index < -0.39 is 0 Å². The number of aryl methyl sites for hydroxylation is 1. The summed E-state index contributed by atoms with van der Waals surface area (Å²) in [6.07, 6.45) is 5.26. The molecule has 0 bridgehead atoms. The van der Waals surface area contributed by atoms with E-state index in [1.165, 1.54) is 5.56 Å². The lowest BCUT2D eigenvalue weighted by Gasteiger charge is -2.05. The van der Waals surface area contributed by atoms with Gasteiger partial charge in [-0.3, -0.25) is 4.99 Å². The summed E-state index contributed by atoms with van der Waals surface area (Å²) in [4.78, 5) is 7.58. The van der Waals surface area contributed by atoms with E-state index in [0.717, 1.165) is 40.6 Å². The maximum atomic E-state index is 8.82. The van der Waals surface area contributed by atoms with Gasteiger partial charge in [0.15, 0.2) is 0 Å². The summed E-state index contributed by atoms with van der Waals surface area (Å²) < 4.78 is 5.40. The standard InChI is InChI=1S/C22H24N6O/c1-3-17-10-19(29-2)11-20-18(13-26-21(17)20)14-27-28-22(24)25-9-8-15-4-6-16(12-23)7-5-15/h4-7,10-11,13-14,26H,3,8-9H2,1-2H3,(H3,24,25,28)/b27-14+. The predicted octanol–water partition coefficient (Wildman–Crippen LogP) is 3.09. The van der Waals surface area contributed by atoms with Gasteiger partial charge in [-0.2, -0.15) is 10.4 Å². The summed E-state index contributed by atoms with van der Waals surface area (Å²) in [6, 6.07) is 13.6. The first-order valence-corrected chi connectivity index (χ1v) is 9.40. The number of hydrazone groups is 1. The molecular weight excluding hydrogens is 364 g/mol. The number of hydrogen-bond donors (Lipinski definition) is 3. The first kappa shape index (κ1) is 20.0. The summed E-state index contributed by atoms with van der Waals surface area (Å²) in [7, 11) is 1.66. The summed E-state index contributed by atoms with van der Waals surface area (Å²) in [5, 5.41) is 14.1. The minimum Gasteiger partial charge on any atom is -0.497 e. The number of nitrogens with two attached hydrogens (primary N) is 1. The number of nitrogens with zero attached hydrogens (tertiary/aromatic N) is 3. The highest BCUT2D eigenvalue weighted by Gasteiger charge is 2.08. The second kappa shape index (κ2) is 9.42. The Morgan fingerprint density at radius 2 is 2.10 bits per heavy atom. The molecule has 1 aromatic heterocycles. The zero-order valence-corrected chi connectivity index (χ0v) is 16.6. The van der Waals surface area contributed by atoms with Crippen LogP contribution >= 0.6 is 0 Å². The van der Waals surface area contributed by atoms with Crippen molar-refractivity contribution < 1.29 is 4.74 Å². The van der Waals surface area contributed by atoms with Crippen molar-refractivity contribution in [3.05, 3.63) is 64.8 Å². The number of aliphatic imine (C=N–C) groups is 1. The quantitative estimate of drug-likeness (QED) is 0.328. The van der Waals surface area contributed by atoms with Gasteiger partial charge in [-0.1, -0.05) is 19.1 Å². The van der Waals surface area contributed by atoms with Gasteiger partial charge in [0.2, 0.25) is 5.96 Å². The van der Waals surface area contributed by atoms with Gasteiger partial charge in [0.05, 0.1) is 25.0 Å². The second-order valence-electron chi connectivity index (χ2n) is 6.50. The molecule has 0 aliphatic carbocycles. The third-order valence-corrected chi connectivity index (χ3v) is 4.64. The number of fused-ring (bicyclic) bond motifs is 1. The predicted molar refractivity (Wildman–Crippen MR) is 116 cm³/mol. The van der Waals surface area contributed by atoms with Crippen molar-refractivity contribution in [2.24, 2.45) is 15.8 Å². The van der Waals surface area contributed by atoms with Crippen LogP contribution in [0.5, 0.6) is 5.75 Å². The van der Waals surface area contributed by atoms with Gasteiger partial charge in [0.1, 0.15) is 5.75 Å². The Bertz CT molecular complexity index is 1070. The minimum atomic E-state index is 0.251. The van der Waals surface area contributed by atoms with Gasteiger partial charge >= 0.3 is 0 Å². The number of H-pyrrole nitrogens is 1. The van der Waals surface area contributed by atoms with Crippen molar-refractivity contribution >= 4 is 23.1 Å². The van der Waals surface area contributed by atoms with Gasteiger partial charge < -0.3 is 15.5 Å². The molecule has 3 aromatic rings. The van der Waals surface area contributed by atoms with Crippen LogP contribution in [0.25, 0.3) is 10.9 Å². The van der Waals surface area contributed by atoms with E-state index in [0.29, 0.717) is 12.1 Å². The topological polar surface area (TPSA) is 112 Å². The monoisotopic (exact) mass is 388 g/mol. The zero-order chi connectivity index (χ0) is 20.6. The number of guanidine groups is 1. The summed E-state index contributed by atoms with van der Waals surface area (Å²) in [6.45, 7) is 2.64. The van der Waals surface area contributed by atoms with Crippen molar-refractivity contribution in [1.82, 2.24) is 10.4 Å². The maximum absolute atomic E-state index is 8.82. The largest absolute Gasteiger partial charge is 0.497 e. The third kappa shape index (κ3) is 4.93. The van der Waals surface area contributed by atoms with Crippen LogP contribution in [0.3, 0.4) is 0 Å². The van der Waals surface area contributed by atoms with Gasteiger partial charge in [0, 0.05) is 29.2 Å². The van der Waals surface area contributed by atoms with Crippen LogP contribution in [0.2, 0.25) is 0 Å². The van der Waals surface area contributed by atoms with Crippen LogP contribution in [0.1, 0.15) is 29.2 Å². The Morgan fingerprint density at radius 1 is 1.31 bits per heavy atom. The fourth-order valence-corrected chi connectivity index (χ4v) is 3.06. The van der Waals surface area contributed by atoms with Crippen molar-refractivity contribution in [3.8, 4) is 11.8 Å². The molecule has 148 valence electrons. The van der Waals surface area contributed by atoms with E-state index in [1.807, 2.05) is 30.5 Å². The van der Waals surface area contributed by atoms with Gasteiger partial charge in [-0.15, -0.1) is 0 Å². The molecule has 2 aromatic carbocycles. The molecule has 4 N–H and O–H groups in total. The molecule has 7 nitrogen and oxygen atoms in total. The number of ether oxygens (including phenoxy) is 1. The molecule has 0 amide bonds. The van der Waals surface area contributed by atoms with Crippen molar-refractivity contribution in [3.63, 3.8) is 0 Å². The van der Waals surface area contributed by atoms with Crippen LogP contribution in [0.15, 0.2) is 52.7 Å². The molecule has 0 aliphatic rings. The van der Waals surface area contributed by atoms with Gasteiger partial charge in [-0.25, -0.2) is 5.43 Å². The molecule has 0 radical (unpaired) electrons. The number of aromatic amines is 1. The van der Waals surface area contributed by atoms with E-state index in [9.17, 15) is 0 Å².